The number of para-hydroxylation sites is 1. The van der Waals surface area contributed by atoms with E-state index in [2.05, 4.69) is 10.0 Å². The van der Waals surface area contributed by atoms with Crippen LogP contribution in [0.2, 0.25) is 0 Å². The molecule has 0 aliphatic heterocycles. The Bertz CT molecular complexity index is 881. The van der Waals surface area contributed by atoms with E-state index in [-0.39, 0.29) is 12.3 Å². The molecule has 0 saturated heterocycles. The zero-order valence-electron chi connectivity index (χ0n) is 14.9. The molecule has 0 aromatic heterocycles. The monoisotopic (exact) mass is 378 g/mol. The van der Waals surface area contributed by atoms with Crippen LogP contribution < -0.4 is 19.5 Å². The number of ether oxygens (including phenoxy) is 2. The van der Waals surface area contributed by atoms with Crippen molar-refractivity contribution in [2.24, 2.45) is 0 Å². The Labute approximate surface area is 153 Å². The number of sulfonamides is 1. The lowest BCUT2D eigenvalue weighted by Gasteiger charge is -2.12. The summed E-state index contributed by atoms with van der Waals surface area (Å²) in [5.41, 5.74) is 1.98. The minimum absolute atomic E-state index is 0.328. The number of hydrogen-bond acceptors (Lipinski definition) is 5. The van der Waals surface area contributed by atoms with Crippen LogP contribution in [0, 0.1) is 6.92 Å². The molecule has 0 spiro atoms. The Morgan fingerprint density at radius 3 is 2.46 bits per heavy atom. The highest BCUT2D eigenvalue weighted by Gasteiger charge is 2.17. The minimum atomic E-state index is -3.74. The van der Waals surface area contributed by atoms with Crippen molar-refractivity contribution in [1.82, 2.24) is 4.72 Å². The SMILES string of the molecule is COc1ccc(OC)c(CS(=O)(=O)NCC(=O)Nc2ccccc2C)c1. The maximum Gasteiger partial charge on any atom is 0.239 e. The average Bonchev–Trinajstić information content (AvgIpc) is 2.61. The molecule has 2 aromatic rings. The van der Waals surface area contributed by atoms with E-state index in [0.717, 1.165) is 5.56 Å². The Balaban J connectivity index is 2.01. The number of aryl methyl sites for hydroxylation is 1. The molecule has 0 saturated carbocycles. The van der Waals surface area contributed by atoms with Crippen molar-refractivity contribution >= 4 is 21.6 Å². The smallest absolute Gasteiger partial charge is 0.239 e. The van der Waals surface area contributed by atoms with E-state index in [1.807, 2.05) is 19.1 Å². The number of methoxy groups -OCH3 is 2. The molecule has 2 N–H and O–H groups in total. The van der Waals surface area contributed by atoms with Crippen LogP contribution in [0.4, 0.5) is 5.69 Å². The summed E-state index contributed by atoms with van der Waals surface area (Å²) in [4.78, 5) is 12.0. The van der Waals surface area contributed by atoms with Gasteiger partial charge in [0.25, 0.3) is 0 Å². The van der Waals surface area contributed by atoms with Crippen LogP contribution in [-0.4, -0.2) is 35.1 Å². The van der Waals surface area contributed by atoms with E-state index >= 15 is 0 Å². The predicted molar refractivity (Wildman–Crippen MR) is 100.0 cm³/mol. The van der Waals surface area contributed by atoms with Crippen LogP contribution >= 0.6 is 0 Å². The fraction of sp³-hybridized carbons (Fsp3) is 0.278. The van der Waals surface area contributed by atoms with Gasteiger partial charge in [-0.25, -0.2) is 13.1 Å². The van der Waals surface area contributed by atoms with Gasteiger partial charge in [-0.15, -0.1) is 0 Å². The molecular formula is C18H22N2O5S. The standard InChI is InChI=1S/C18H22N2O5S/c1-13-6-4-5-7-16(13)20-18(21)11-19-26(22,23)12-14-10-15(24-2)8-9-17(14)25-3/h4-10,19H,11-12H2,1-3H3,(H,20,21). The first-order valence-electron chi connectivity index (χ1n) is 7.88. The molecule has 7 nitrogen and oxygen atoms in total. The molecule has 2 rings (SSSR count). The van der Waals surface area contributed by atoms with E-state index in [4.69, 9.17) is 9.47 Å². The van der Waals surface area contributed by atoms with Gasteiger partial charge in [-0.3, -0.25) is 4.79 Å². The molecular weight excluding hydrogens is 356 g/mol. The Hall–Kier alpha value is -2.58. The maximum atomic E-state index is 12.3. The number of nitrogens with one attached hydrogen (secondary N) is 2. The molecule has 0 bridgehead atoms. The van der Waals surface area contributed by atoms with Crippen LogP contribution in [0.15, 0.2) is 42.5 Å². The van der Waals surface area contributed by atoms with Crippen LogP contribution in [-0.2, 0) is 20.6 Å². The molecule has 0 aliphatic carbocycles. The number of benzene rings is 2. The quantitative estimate of drug-likeness (QED) is 0.733. The highest BCUT2D eigenvalue weighted by molar-refractivity contribution is 7.88. The van der Waals surface area contributed by atoms with Crippen molar-refractivity contribution < 1.29 is 22.7 Å². The molecule has 0 fully saturated rings. The van der Waals surface area contributed by atoms with Crippen molar-refractivity contribution in [3.63, 3.8) is 0 Å². The Morgan fingerprint density at radius 2 is 1.81 bits per heavy atom. The fourth-order valence-electron chi connectivity index (χ4n) is 2.33. The number of carbonyl (C=O) groups is 1. The molecule has 26 heavy (non-hydrogen) atoms. The van der Waals surface area contributed by atoms with Gasteiger partial charge in [-0.1, -0.05) is 18.2 Å². The predicted octanol–water partition coefficient (Wildman–Crippen LogP) is 2.07. The number of anilines is 1. The van der Waals surface area contributed by atoms with E-state index in [9.17, 15) is 13.2 Å². The molecule has 140 valence electrons. The second-order valence-corrected chi connectivity index (χ2v) is 7.43. The van der Waals surface area contributed by atoms with Crippen molar-refractivity contribution in [3.05, 3.63) is 53.6 Å². The van der Waals surface area contributed by atoms with Crippen LogP contribution in [0.25, 0.3) is 0 Å². The lowest BCUT2D eigenvalue weighted by atomic mass is 10.2. The highest BCUT2D eigenvalue weighted by Crippen LogP contribution is 2.25. The van der Waals surface area contributed by atoms with E-state index in [1.165, 1.54) is 14.2 Å². The minimum Gasteiger partial charge on any atom is -0.497 e. The molecule has 0 heterocycles. The molecule has 0 atom stereocenters. The number of rotatable bonds is 8. The van der Waals surface area contributed by atoms with E-state index in [1.54, 1.807) is 30.3 Å². The van der Waals surface area contributed by atoms with Crippen molar-refractivity contribution in [2.45, 2.75) is 12.7 Å². The Kier molecular flexibility index (Phi) is 6.59. The average molecular weight is 378 g/mol. The second kappa shape index (κ2) is 8.68. The summed E-state index contributed by atoms with van der Waals surface area (Å²) >= 11 is 0. The van der Waals surface area contributed by atoms with E-state index in [0.29, 0.717) is 22.7 Å². The van der Waals surface area contributed by atoms with Gasteiger partial charge in [0.2, 0.25) is 15.9 Å². The van der Waals surface area contributed by atoms with Gasteiger partial charge in [0, 0.05) is 11.3 Å². The van der Waals surface area contributed by atoms with Crippen molar-refractivity contribution in [2.75, 3.05) is 26.1 Å². The number of hydrogen-bond donors (Lipinski definition) is 2. The van der Waals surface area contributed by atoms with Gasteiger partial charge in [-0.05, 0) is 36.8 Å². The molecule has 0 radical (unpaired) electrons. The maximum absolute atomic E-state index is 12.3. The second-order valence-electron chi connectivity index (χ2n) is 5.62. The summed E-state index contributed by atoms with van der Waals surface area (Å²) in [6.07, 6.45) is 0. The molecule has 1 amide bonds. The van der Waals surface area contributed by atoms with Gasteiger partial charge < -0.3 is 14.8 Å². The lowest BCUT2D eigenvalue weighted by Crippen LogP contribution is -2.33. The first-order chi connectivity index (χ1) is 12.3. The van der Waals surface area contributed by atoms with Crippen LogP contribution in [0.5, 0.6) is 11.5 Å². The summed E-state index contributed by atoms with van der Waals surface area (Å²) < 4.78 is 37.2. The van der Waals surface area contributed by atoms with Crippen molar-refractivity contribution in [1.29, 1.82) is 0 Å². The summed E-state index contributed by atoms with van der Waals surface area (Å²) in [6, 6.07) is 12.2. The van der Waals surface area contributed by atoms with Gasteiger partial charge in [0.05, 0.1) is 26.5 Å². The summed E-state index contributed by atoms with van der Waals surface area (Å²) in [7, 11) is -0.782. The fourth-order valence-corrected chi connectivity index (χ4v) is 3.42. The number of carbonyl (C=O) groups excluding carboxylic acids is 1. The third-order valence-electron chi connectivity index (χ3n) is 3.70. The summed E-state index contributed by atoms with van der Waals surface area (Å²) in [5, 5.41) is 2.68. The van der Waals surface area contributed by atoms with Gasteiger partial charge >= 0.3 is 0 Å². The normalized spacial score (nSPS) is 11.0. The first kappa shape index (κ1) is 19.7. The molecule has 8 heteroatoms. The third kappa shape index (κ3) is 5.47. The van der Waals surface area contributed by atoms with Crippen LogP contribution in [0.1, 0.15) is 11.1 Å². The molecule has 0 unspecified atom stereocenters. The highest BCUT2D eigenvalue weighted by atomic mass is 32.2. The van der Waals surface area contributed by atoms with E-state index < -0.39 is 15.9 Å². The zero-order chi connectivity index (χ0) is 19.2. The molecule has 0 aliphatic rings. The molecule has 2 aromatic carbocycles. The van der Waals surface area contributed by atoms with Crippen molar-refractivity contribution in [3.8, 4) is 11.5 Å². The Morgan fingerprint density at radius 1 is 1.08 bits per heavy atom. The summed E-state index contributed by atoms with van der Waals surface area (Å²) in [6.45, 7) is 1.50. The summed E-state index contributed by atoms with van der Waals surface area (Å²) in [5.74, 6) is 0.180. The van der Waals surface area contributed by atoms with Crippen LogP contribution in [0.3, 0.4) is 0 Å². The lowest BCUT2D eigenvalue weighted by molar-refractivity contribution is -0.115. The largest absolute Gasteiger partial charge is 0.497 e. The van der Waals surface area contributed by atoms with Gasteiger partial charge in [0.1, 0.15) is 11.5 Å². The van der Waals surface area contributed by atoms with Gasteiger partial charge in [0.15, 0.2) is 0 Å². The third-order valence-corrected chi connectivity index (χ3v) is 4.98. The topological polar surface area (TPSA) is 93.7 Å². The first-order valence-corrected chi connectivity index (χ1v) is 9.53. The van der Waals surface area contributed by atoms with Gasteiger partial charge in [-0.2, -0.15) is 0 Å². The number of amides is 1. The zero-order valence-corrected chi connectivity index (χ0v) is 15.7.